The van der Waals surface area contributed by atoms with Crippen molar-refractivity contribution in [3.8, 4) is 0 Å². The van der Waals surface area contributed by atoms with E-state index >= 15 is 0 Å². The van der Waals surface area contributed by atoms with Gasteiger partial charge in [0.2, 0.25) is 10.0 Å². The zero-order chi connectivity index (χ0) is 13.8. The Hall–Kier alpha value is -0.920. The first-order valence-corrected chi connectivity index (χ1v) is 7.54. The Bertz CT molecular complexity index is 467. The van der Waals surface area contributed by atoms with E-state index in [9.17, 15) is 8.42 Å². The third-order valence-electron chi connectivity index (χ3n) is 2.78. The van der Waals surface area contributed by atoms with Crippen LogP contribution in [0.5, 0.6) is 0 Å². The minimum absolute atomic E-state index is 0.0693. The van der Waals surface area contributed by atoms with Crippen molar-refractivity contribution in [3.63, 3.8) is 0 Å². The molecule has 0 aromatic carbocycles. The summed E-state index contributed by atoms with van der Waals surface area (Å²) in [5, 5.41) is 7.23. The first kappa shape index (κ1) is 15.1. The van der Waals surface area contributed by atoms with Gasteiger partial charge in [0.05, 0.1) is 12.7 Å². The van der Waals surface area contributed by atoms with Gasteiger partial charge in [0.25, 0.3) is 0 Å². The predicted octanol–water partition coefficient (Wildman–Crippen LogP) is 0.522. The second-order valence-corrected chi connectivity index (χ2v) is 6.41. The molecular weight excluding hydrogens is 252 g/mol. The molecule has 0 aliphatic carbocycles. The zero-order valence-corrected chi connectivity index (χ0v) is 12.2. The van der Waals surface area contributed by atoms with E-state index in [2.05, 4.69) is 10.4 Å². The molecule has 0 amide bonds. The Kier molecular flexibility index (Phi) is 5.30. The minimum atomic E-state index is -3.42. The highest BCUT2D eigenvalue weighted by atomic mass is 32.2. The van der Waals surface area contributed by atoms with E-state index in [4.69, 9.17) is 0 Å². The smallest absolute Gasteiger partial charge is 0.246 e. The van der Waals surface area contributed by atoms with Gasteiger partial charge in [-0.1, -0.05) is 6.92 Å². The van der Waals surface area contributed by atoms with E-state index < -0.39 is 10.0 Å². The Morgan fingerprint density at radius 1 is 1.50 bits per heavy atom. The maximum atomic E-state index is 12.2. The summed E-state index contributed by atoms with van der Waals surface area (Å²) in [4.78, 5) is 0.246. The van der Waals surface area contributed by atoms with E-state index in [0.29, 0.717) is 6.54 Å². The molecule has 1 aromatic heterocycles. The summed E-state index contributed by atoms with van der Waals surface area (Å²) in [7, 11) is -1.84. The maximum Gasteiger partial charge on any atom is 0.246 e. The lowest BCUT2D eigenvalue weighted by molar-refractivity contribution is 0.410. The van der Waals surface area contributed by atoms with Gasteiger partial charge in [-0.3, -0.25) is 4.68 Å². The van der Waals surface area contributed by atoms with Crippen LogP contribution in [0.1, 0.15) is 20.8 Å². The van der Waals surface area contributed by atoms with Crippen molar-refractivity contribution in [2.75, 3.05) is 20.1 Å². The standard InChI is InChI=1S/C11H22N4O2S/c1-5-12-6-7-15-9-11(8-13-15)18(16,17)14(4)10(2)3/h8-10,12H,5-7H2,1-4H3. The van der Waals surface area contributed by atoms with Crippen molar-refractivity contribution in [2.24, 2.45) is 0 Å². The van der Waals surface area contributed by atoms with Crippen molar-refractivity contribution < 1.29 is 8.42 Å². The number of nitrogens with one attached hydrogen (secondary N) is 1. The highest BCUT2D eigenvalue weighted by Crippen LogP contribution is 2.15. The molecule has 104 valence electrons. The number of aromatic nitrogens is 2. The molecule has 0 unspecified atom stereocenters. The van der Waals surface area contributed by atoms with Crippen LogP contribution in [-0.4, -0.2) is 48.7 Å². The average molecular weight is 274 g/mol. The lowest BCUT2D eigenvalue weighted by Gasteiger charge is -2.19. The summed E-state index contributed by atoms with van der Waals surface area (Å²) in [6.45, 7) is 8.03. The van der Waals surface area contributed by atoms with Gasteiger partial charge in [0.1, 0.15) is 4.90 Å². The highest BCUT2D eigenvalue weighted by molar-refractivity contribution is 7.89. The predicted molar refractivity (Wildman–Crippen MR) is 70.9 cm³/mol. The fourth-order valence-corrected chi connectivity index (χ4v) is 2.74. The summed E-state index contributed by atoms with van der Waals surface area (Å²) >= 11 is 0. The second kappa shape index (κ2) is 6.31. The van der Waals surface area contributed by atoms with E-state index in [1.165, 1.54) is 10.5 Å². The van der Waals surface area contributed by atoms with Crippen LogP contribution in [0.15, 0.2) is 17.3 Å². The first-order valence-electron chi connectivity index (χ1n) is 6.10. The Morgan fingerprint density at radius 3 is 2.72 bits per heavy atom. The van der Waals surface area contributed by atoms with E-state index in [-0.39, 0.29) is 10.9 Å². The molecular formula is C11H22N4O2S. The van der Waals surface area contributed by atoms with Gasteiger partial charge in [-0.05, 0) is 20.4 Å². The number of hydrogen-bond donors (Lipinski definition) is 1. The molecule has 0 radical (unpaired) electrons. The molecule has 0 saturated carbocycles. The van der Waals surface area contributed by atoms with Crippen LogP contribution in [0.2, 0.25) is 0 Å². The molecule has 18 heavy (non-hydrogen) atoms. The van der Waals surface area contributed by atoms with Gasteiger partial charge < -0.3 is 5.32 Å². The van der Waals surface area contributed by atoms with Crippen LogP contribution < -0.4 is 5.32 Å². The average Bonchev–Trinajstić information content (AvgIpc) is 2.77. The molecule has 7 heteroatoms. The monoisotopic (exact) mass is 274 g/mol. The van der Waals surface area contributed by atoms with Gasteiger partial charge >= 0.3 is 0 Å². The van der Waals surface area contributed by atoms with Crippen LogP contribution >= 0.6 is 0 Å². The summed E-state index contributed by atoms with van der Waals surface area (Å²) in [5.74, 6) is 0. The van der Waals surface area contributed by atoms with Crippen LogP contribution in [0.25, 0.3) is 0 Å². The minimum Gasteiger partial charge on any atom is -0.315 e. The van der Waals surface area contributed by atoms with Crippen molar-refractivity contribution in [1.82, 2.24) is 19.4 Å². The van der Waals surface area contributed by atoms with Crippen LogP contribution in [0.4, 0.5) is 0 Å². The van der Waals surface area contributed by atoms with Crippen LogP contribution in [0, 0.1) is 0 Å². The van der Waals surface area contributed by atoms with Crippen LogP contribution in [-0.2, 0) is 16.6 Å². The Morgan fingerprint density at radius 2 is 2.17 bits per heavy atom. The first-order chi connectivity index (χ1) is 8.39. The Labute approximate surface area is 109 Å². The number of rotatable bonds is 7. The number of nitrogens with zero attached hydrogens (tertiary/aromatic N) is 3. The lowest BCUT2D eigenvalue weighted by Crippen LogP contribution is -2.32. The van der Waals surface area contributed by atoms with Crippen molar-refractivity contribution in [3.05, 3.63) is 12.4 Å². The quantitative estimate of drug-likeness (QED) is 0.736. The van der Waals surface area contributed by atoms with E-state index in [1.807, 2.05) is 20.8 Å². The molecule has 1 heterocycles. The summed E-state index contributed by atoms with van der Waals surface area (Å²) in [5.41, 5.74) is 0. The van der Waals surface area contributed by atoms with E-state index in [0.717, 1.165) is 13.1 Å². The molecule has 0 spiro atoms. The van der Waals surface area contributed by atoms with Crippen LogP contribution in [0.3, 0.4) is 0 Å². The van der Waals surface area contributed by atoms with Gasteiger partial charge in [0.15, 0.2) is 0 Å². The topological polar surface area (TPSA) is 67.2 Å². The molecule has 0 fully saturated rings. The molecule has 0 aliphatic rings. The molecule has 6 nitrogen and oxygen atoms in total. The molecule has 1 N–H and O–H groups in total. The molecule has 0 bridgehead atoms. The summed E-state index contributed by atoms with van der Waals surface area (Å²) < 4.78 is 27.3. The molecule has 0 aliphatic heterocycles. The van der Waals surface area contributed by atoms with Gasteiger partial charge in [-0.15, -0.1) is 0 Å². The molecule has 0 saturated heterocycles. The van der Waals surface area contributed by atoms with Crippen molar-refractivity contribution >= 4 is 10.0 Å². The largest absolute Gasteiger partial charge is 0.315 e. The SMILES string of the molecule is CCNCCn1cc(S(=O)(=O)N(C)C(C)C)cn1. The third kappa shape index (κ3) is 3.54. The second-order valence-electron chi connectivity index (χ2n) is 4.41. The van der Waals surface area contributed by atoms with Gasteiger partial charge in [0, 0.05) is 25.8 Å². The molecule has 0 atom stereocenters. The highest BCUT2D eigenvalue weighted by Gasteiger charge is 2.24. The molecule has 1 aromatic rings. The van der Waals surface area contributed by atoms with Gasteiger partial charge in [-0.25, -0.2) is 8.42 Å². The number of likely N-dealkylation sites (N-methyl/N-ethyl adjacent to an activating group) is 1. The molecule has 1 rings (SSSR count). The zero-order valence-electron chi connectivity index (χ0n) is 11.4. The van der Waals surface area contributed by atoms with Crippen molar-refractivity contribution in [1.29, 1.82) is 0 Å². The number of sulfonamides is 1. The fourth-order valence-electron chi connectivity index (χ4n) is 1.41. The number of hydrogen-bond acceptors (Lipinski definition) is 4. The normalized spacial score (nSPS) is 12.6. The lowest BCUT2D eigenvalue weighted by atomic mass is 10.4. The third-order valence-corrected chi connectivity index (χ3v) is 4.77. The Balaban J connectivity index is 2.79. The van der Waals surface area contributed by atoms with E-state index in [1.54, 1.807) is 17.9 Å². The van der Waals surface area contributed by atoms with Crippen molar-refractivity contribution in [2.45, 2.75) is 38.3 Å². The maximum absolute atomic E-state index is 12.2. The summed E-state index contributed by atoms with van der Waals surface area (Å²) in [6.07, 6.45) is 2.98. The summed E-state index contributed by atoms with van der Waals surface area (Å²) in [6, 6.07) is -0.0693. The van der Waals surface area contributed by atoms with Gasteiger partial charge in [-0.2, -0.15) is 9.40 Å². The fraction of sp³-hybridized carbons (Fsp3) is 0.727.